The lowest BCUT2D eigenvalue weighted by molar-refractivity contribution is 0.210. The first-order valence-electron chi connectivity index (χ1n) is 5.67. The van der Waals surface area contributed by atoms with Gasteiger partial charge in [-0.2, -0.15) is 0 Å². The molecule has 7 nitrogen and oxygen atoms in total. The van der Waals surface area contributed by atoms with Crippen molar-refractivity contribution in [2.45, 2.75) is 19.4 Å². The first-order valence-corrected chi connectivity index (χ1v) is 5.67. The van der Waals surface area contributed by atoms with Crippen LogP contribution in [0.4, 0.5) is 11.5 Å². The molecule has 102 valence electrons. The van der Waals surface area contributed by atoms with E-state index in [-0.39, 0.29) is 17.0 Å². The van der Waals surface area contributed by atoms with Crippen LogP contribution in [0.2, 0.25) is 0 Å². The van der Waals surface area contributed by atoms with E-state index in [9.17, 15) is 9.59 Å². The van der Waals surface area contributed by atoms with E-state index in [0.29, 0.717) is 6.54 Å². The molecule has 18 heavy (non-hydrogen) atoms. The second-order valence-corrected chi connectivity index (χ2v) is 5.14. The van der Waals surface area contributed by atoms with Crippen LogP contribution in [0.5, 0.6) is 0 Å². The zero-order chi connectivity index (χ0) is 14.1. The third kappa shape index (κ3) is 2.73. The van der Waals surface area contributed by atoms with Crippen molar-refractivity contribution in [3.8, 4) is 0 Å². The number of rotatable bonds is 4. The highest BCUT2D eigenvalue weighted by Crippen LogP contribution is 2.13. The lowest BCUT2D eigenvalue weighted by Gasteiger charge is -2.33. The summed E-state index contributed by atoms with van der Waals surface area (Å²) in [6.07, 6.45) is 0. The van der Waals surface area contributed by atoms with Gasteiger partial charge in [0.15, 0.2) is 0 Å². The van der Waals surface area contributed by atoms with Gasteiger partial charge in [-0.3, -0.25) is 14.3 Å². The van der Waals surface area contributed by atoms with Crippen LogP contribution in [-0.4, -0.2) is 40.6 Å². The summed E-state index contributed by atoms with van der Waals surface area (Å²) in [4.78, 5) is 27.2. The Kier molecular flexibility index (Phi) is 3.85. The third-order valence-corrected chi connectivity index (χ3v) is 3.28. The molecule has 0 spiro atoms. The molecule has 4 N–H and O–H groups in total. The predicted molar refractivity (Wildman–Crippen MR) is 73.0 cm³/mol. The molecule has 0 unspecified atom stereocenters. The second-order valence-electron chi connectivity index (χ2n) is 5.14. The smallest absolute Gasteiger partial charge is 0.329 e. The Bertz CT molecular complexity index is 541. The average Bonchev–Trinajstić information content (AvgIpc) is 2.25. The van der Waals surface area contributed by atoms with Crippen LogP contribution in [0.25, 0.3) is 0 Å². The van der Waals surface area contributed by atoms with Gasteiger partial charge in [0.05, 0.1) is 0 Å². The molecule has 0 radical (unpaired) electrons. The number of nitrogens with two attached hydrogens (primary N) is 1. The number of hydrogen-bond acceptors (Lipinski definition) is 5. The molecular formula is C11H21N5O2. The van der Waals surface area contributed by atoms with Crippen molar-refractivity contribution in [2.24, 2.45) is 7.05 Å². The molecule has 0 bridgehead atoms. The monoisotopic (exact) mass is 255 g/mol. The van der Waals surface area contributed by atoms with Crippen LogP contribution in [0.1, 0.15) is 13.8 Å². The van der Waals surface area contributed by atoms with Gasteiger partial charge in [-0.15, -0.1) is 0 Å². The fourth-order valence-corrected chi connectivity index (χ4v) is 1.27. The highest BCUT2D eigenvalue weighted by Gasteiger charge is 2.21. The number of H-pyrrole nitrogens is 1. The maximum atomic E-state index is 11.7. The minimum Gasteiger partial charge on any atom is -0.383 e. The summed E-state index contributed by atoms with van der Waals surface area (Å²) in [5, 5.41) is 3.00. The molecule has 0 aliphatic rings. The first-order chi connectivity index (χ1) is 8.16. The summed E-state index contributed by atoms with van der Waals surface area (Å²) in [5.74, 6) is 0.137. The minimum absolute atomic E-state index is 0.137. The number of hydrogen-bond donors (Lipinski definition) is 3. The molecule has 1 aromatic rings. The quantitative estimate of drug-likeness (QED) is 0.668. The van der Waals surface area contributed by atoms with Crippen LogP contribution in [-0.2, 0) is 7.05 Å². The normalized spacial score (nSPS) is 11.9. The molecule has 0 aromatic carbocycles. The maximum absolute atomic E-state index is 11.7. The zero-order valence-electron chi connectivity index (χ0n) is 11.5. The topological polar surface area (TPSA) is 96.2 Å². The van der Waals surface area contributed by atoms with Crippen LogP contribution in [0.15, 0.2) is 9.59 Å². The van der Waals surface area contributed by atoms with Crippen LogP contribution in [0, 0.1) is 0 Å². The van der Waals surface area contributed by atoms with Gasteiger partial charge in [0, 0.05) is 19.1 Å². The Labute approximate surface area is 106 Å². The summed E-state index contributed by atoms with van der Waals surface area (Å²) in [6, 6.07) is 0. The van der Waals surface area contributed by atoms with E-state index in [1.165, 1.54) is 11.6 Å². The highest BCUT2D eigenvalue weighted by molar-refractivity contribution is 5.60. The number of nitrogens with zero attached hydrogens (tertiary/aromatic N) is 2. The average molecular weight is 255 g/mol. The number of nitrogens with one attached hydrogen (secondary N) is 2. The van der Waals surface area contributed by atoms with Gasteiger partial charge in [-0.05, 0) is 27.9 Å². The number of anilines is 2. The van der Waals surface area contributed by atoms with Crippen molar-refractivity contribution in [3.05, 3.63) is 20.8 Å². The number of aromatic amines is 1. The van der Waals surface area contributed by atoms with Gasteiger partial charge in [-0.25, -0.2) is 4.79 Å². The van der Waals surface area contributed by atoms with Gasteiger partial charge in [0.1, 0.15) is 11.5 Å². The fraction of sp³-hybridized carbons (Fsp3) is 0.636. The number of nitrogen functional groups attached to an aromatic ring is 1. The molecule has 0 atom stereocenters. The van der Waals surface area contributed by atoms with Crippen molar-refractivity contribution in [3.63, 3.8) is 0 Å². The van der Waals surface area contributed by atoms with Gasteiger partial charge in [0.25, 0.3) is 5.56 Å². The van der Waals surface area contributed by atoms with Gasteiger partial charge in [-0.1, -0.05) is 0 Å². The summed E-state index contributed by atoms with van der Waals surface area (Å²) in [6.45, 7) is 4.60. The molecule has 0 aliphatic heterocycles. The Hall–Kier alpha value is -1.76. The van der Waals surface area contributed by atoms with E-state index >= 15 is 0 Å². The second kappa shape index (κ2) is 4.85. The molecule has 0 saturated carbocycles. The summed E-state index contributed by atoms with van der Waals surface area (Å²) >= 11 is 0. The van der Waals surface area contributed by atoms with Crippen LogP contribution in [0.3, 0.4) is 0 Å². The number of likely N-dealkylation sites (N-methyl/N-ethyl adjacent to an activating group) is 1. The molecule has 1 heterocycles. The van der Waals surface area contributed by atoms with Gasteiger partial charge >= 0.3 is 5.69 Å². The van der Waals surface area contributed by atoms with Crippen LogP contribution >= 0.6 is 0 Å². The standard InChI is InChI=1S/C11H21N5O2/c1-11(2,15(3)4)6-13-7-8(12)16(5)10(18)14-9(7)17/h13H,6,12H2,1-5H3,(H,14,17,18). The van der Waals surface area contributed by atoms with Gasteiger partial charge in [0.2, 0.25) is 0 Å². The number of aromatic nitrogens is 2. The van der Waals surface area contributed by atoms with E-state index in [1.54, 1.807) is 0 Å². The molecule has 0 aliphatic carbocycles. The maximum Gasteiger partial charge on any atom is 0.329 e. The summed E-state index contributed by atoms with van der Waals surface area (Å²) < 4.78 is 1.20. The molecule has 0 saturated heterocycles. The van der Waals surface area contributed by atoms with E-state index in [2.05, 4.69) is 10.3 Å². The molecular weight excluding hydrogens is 234 g/mol. The lowest BCUT2D eigenvalue weighted by atomic mass is 10.0. The van der Waals surface area contributed by atoms with Crippen LogP contribution < -0.4 is 22.3 Å². The fourth-order valence-electron chi connectivity index (χ4n) is 1.27. The molecule has 1 aromatic heterocycles. The van der Waals surface area contributed by atoms with Crippen molar-refractivity contribution >= 4 is 11.5 Å². The minimum atomic E-state index is -0.519. The van der Waals surface area contributed by atoms with E-state index in [0.717, 1.165) is 0 Å². The lowest BCUT2D eigenvalue weighted by Crippen LogP contribution is -2.45. The Balaban J connectivity index is 3.04. The van der Waals surface area contributed by atoms with Crippen molar-refractivity contribution in [1.29, 1.82) is 0 Å². The Morgan fingerprint density at radius 2 is 1.94 bits per heavy atom. The zero-order valence-corrected chi connectivity index (χ0v) is 11.5. The van der Waals surface area contributed by atoms with Crippen molar-refractivity contribution in [1.82, 2.24) is 14.5 Å². The third-order valence-electron chi connectivity index (χ3n) is 3.28. The molecule has 0 amide bonds. The first kappa shape index (κ1) is 14.3. The SMILES string of the molecule is CN(C)C(C)(C)CNc1c(N)n(C)c(=O)[nH]c1=O. The summed E-state index contributed by atoms with van der Waals surface area (Å²) in [7, 11) is 5.42. The largest absolute Gasteiger partial charge is 0.383 e. The van der Waals surface area contributed by atoms with E-state index < -0.39 is 11.2 Å². The molecule has 1 rings (SSSR count). The van der Waals surface area contributed by atoms with E-state index in [1.807, 2.05) is 32.8 Å². The van der Waals surface area contributed by atoms with Gasteiger partial charge < -0.3 is 16.0 Å². The van der Waals surface area contributed by atoms with Crippen molar-refractivity contribution < 1.29 is 0 Å². The Morgan fingerprint density at radius 3 is 2.44 bits per heavy atom. The Morgan fingerprint density at radius 1 is 1.39 bits per heavy atom. The van der Waals surface area contributed by atoms with E-state index in [4.69, 9.17) is 5.73 Å². The van der Waals surface area contributed by atoms with Crippen molar-refractivity contribution in [2.75, 3.05) is 31.7 Å². The summed E-state index contributed by atoms with van der Waals surface area (Å²) in [5.41, 5.74) is 4.83. The molecule has 0 fully saturated rings. The molecule has 7 heteroatoms. The highest BCUT2D eigenvalue weighted by atomic mass is 16.2. The predicted octanol–water partition coefficient (Wildman–Crippen LogP) is -0.592.